The number of nitrogens with zero attached hydrogens (tertiary/aromatic N) is 1. The zero-order chi connectivity index (χ0) is 20.9. The summed E-state index contributed by atoms with van der Waals surface area (Å²) in [7, 11) is 0. The van der Waals surface area contributed by atoms with Gasteiger partial charge in [0.2, 0.25) is 0 Å². The van der Waals surface area contributed by atoms with E-state index >= 15 is 0 Å². The molecule has 0 fully saturated rings. The minimum absolute atomic E-state index is 0.0736. The number of hydrogen-bond donors (Lipinski definition) is 2. The second-order valence-corrected chi connectivity index (χ2v) is 7.28. The molecule has 150 valence electrons. The molecule has 3 aromatic rings. The average Bonchev–Trinajstić information content (AvgIpc) is 2.98. The number of carbonyl (C=O) groups is 2. The van der Waals surface area contributed by atoms with Gasteiger partial charge in [-0.25, -0.2) is 4.39 Å². The van der Waals surface area contributed by atoms with Crippen LogP contribution in [0.5, 0.6) is 5.75 Å². The third kappa shape index (κ3) is 2.74. The van der Waals surface area contributed by atoms with E-state index in [1.54, 1.807) is 54.6 Å². The summed E-state index contributed by atoms with van der Waals surface area (Å²) in [5, 5.41) is 14.6. The van der Waals surface area contributed by atoms with Crippen LogP contribution in [0.4, 0.5) is 10.1 Å². The van der Waals surface area contributed by atoms with Crippen LogP contribution in [0.25, 0.3) is 0 Å². The minimum atomic E-state index is -1.76. The Balaban J connectivity index is 1.63. The quantitative estimate of drug-likeness (QED) is 0.704. The fourth-order valence-corrected chi connectivity index (χ4v) is 3.98. The molecule has 2 heterocycles. The van der Waals surface area contributed by atoms with Crippen LogP contribution in [0.15, 0.2) is 66.7 Å². The smallest absolute Gasteiger partial charge is 0.262 e. The number of anilines is 1. The van der Waals surface area contributed by atoms with E-state index in [-0.39, 0.29) is 30.8 Å². The number of ether oxygens (including phenoxy) is 1. The van der Waals surface area contributed by atoms with Crippen molar-refractivity contribution in [2.45, 2.75) is 12.3 Å². The Hall–Kier alpha value is -3.71. The molecule has 30 heavy (non-hydrogen) atoms. The topological polar surface area (TPSA) is 78.9 Å². The fourth-order valence-electron chi connectivity index (χ4n) is 3.98. The lowest BCUT2D eigenvalue weighted by Gasteiger charge is -2.35. The number of aliphatic hydroxyl groups is 1. The molecule has 0 saturated heterocycles. The van der Waals surface area contributed by atoms with Gasteiger partial charge in [0.05, 0.1) is 5.69 Å². The highest BCUT2D eigenvalue weighted by molar-refractivity contribution is 6.00. The first-order valence-electron chi connectivity index (χ1n) is 9.42. The Morgan fingerprint density at radius 3 is 2.63 bits per heavy atom. The van der Waals surface area contributed by atoms with Gasteiger partial charge in [-0.05, 0) is 35.9 Å². The summed E-state index contributed by atoms with van der Waals surface area (Å²) >= 11 is 0. The maximum atomic E-state index is 13.3. The van der Waals surface area contributed by atoms with E-state index in [0.29, 0.717) is 33.7 Å². The summed E-state index contributed by atoms with van der Waals surface area (Å²) in [5.74, 6) is -0.520. The Bertz CT molecular complexity index is 1180. The molecule has 0 radical (unpaired) electrons. The highest BCUT2D eigenvalue weighted by Gasteiger charge is 2.50. The van der Waals surface area contributed by atoms with Crippen molar-refractivity contribution in [3.63, 3.8) is 0 Å². The van der Waals surface area contributed by atoms with Gasteiger partial charge in [0.1, 0.15) is 11.6 Å². The Morgan fingerprint density at radius 1 is 1.07 bits per heavy atom. The molecule has 1 unspecified atom stereocenters. The number of rotatable bonds is 3. The van der Waals surface area contributed by atoms with Crippen LogP contribution in [0.1, 0.15) is 27.0 Å². The van der Waals surface area contributed by atoms with Crippen LogP contribution in [0.2, 0.25) is 0 Å². The van der Waals surface area contributed by atoms with E-state index in [2.05, 4.69) is 5.32 Å². The van der Waals surface area contributed by atoms with Gasteiger partial charge >= 0.3 is 0 Å². The molecule has 0 aliphatic carbocycles. The predicted molar refractivity (Wildman–Crippen MR) is 106 cm³/mol. The van der Waals surface area contributed by atoms with Crippen molar-refractivity contribution in [1.82, 2.24) is 4.90 Å². The van der Waals surface area contributed by atoms with Crippen LogP contribution in [-0.2, 0) is 17.1 Å². The normalized spacial score (nSPS) is 19.7. The zero-order valence-corrected chi connectivity index (χ0v) is 15.8. The summed E-state index contributed by atoms with van der Waals surface area (Å²) in [4.78, 5) is 26.3. The van der Waals surface area contributed by atoms with Crippen molar-refractivity contribution in [3.05, 3.63) is 94.8 Å². The van der Waals surface area contributed by atoms with E-state index in [1.807, 2.05) is 0 Å². The highest BCUT2D eigenvalue weighted by Crippen LogP contribution is 2.45. The molecule has 1 atom stereocenters. The molecular weight excluding hydrogens is 387 g/mol. The van der Waals surface area contributed by atoms with E-state index < -0.39 is 5.72 Å². The summed E-state index contributed by atoms with van der Waals surface area (Å²) < 4.78 is 18.7. The van der Waals surface area contributed by atoms with Crippen molar-refractivity contribution < 1.29 is 23.8 Å². The fraction of sp³-hybridized carbons (Fsp3) is 0.130. The lowest BCUT2D eigenvalue weighted by atomic mass is 9.93. The van der Waals surface area contributed by atoms with Crippen molar-refractivity contribution in [2.24, 2.45) is 0 Å². The second-order valence-electron chi connectivity index (χ2n) is 7.28. The number of fused-ring (bicyclic) bond motifs is 2. The molecule has 0 bridgehead atoms. The standard InChI is InChI=1S/C23H17FN2O4/c24-16-8-5-14(6-9-16)12-26-22(28)17-3-1-2-4-18(17)23(26,29)15-7-10-20-19(11-15)25-21(27)13-30-20/h1-11,29H,12-13H2,(H,25,27). The molecule has 0 aromatic heterocycles. The summed E-state index contributed by atoms with van der Waals surface area (Å²) in [6, 6.07) is 17.6. The SMILES string of the molecule is O=C1COc2ccc(C3(O)c4ccccc4C(=O)N3Cc3ccc(F)cc3)cc2N1. The summed E-state index contributed by atoms with van der Waals surface area (Å²) in [5.41, 5.74) is 0.577. The predicted octanol–water partition coefficient (Wildman–Crippen LogP) is 3.01. The van der Waals surface area contributed by atoms with Gasteiger partial charge in [-0.3, -0.25) is 14.5 Å². The van der Waals surface area contributed by atoms with Crippen molar-refractivity contribution >= 4 is 17.5 Å². The van der Waals surface area contributed by atoms with E-state index in [1.165, 1.54) is 17.0 Å². The van der Waals surface area contributed by atoms with E-state index in [4.69, 9.17) is 4.74 Å². The van der Waals surface area contributed by atoms with Gasteiger partial charge in [-0.1, -0.05) is 36.4 Å². The first kappa shape index (κ1) is 18.3. The maximum absolute atomic E-state index is 13.3. The molecule has 0 saturated carbocycles. The number of nitrogens with one attached hydrogen (secondary N) is 1. The van der Waals surface area contributed by atoms with Gasteiger partial charge in [-0.2, -0.15) is 0 Å². The van der Waals surface area contributed by atoms with Gasteiger partial charge < -0.3 is 15.2 Å². The molecule has 2 aliphatic heterocycles. The minimum Gasteiger partial charge on any atom is -0.482 e. The van der Waals surface area contributed by atoms with Crippen molar-refractivity contribution in [3.8, 4) is 5.75 Å². The monoisotopic (exact) mass is 404 g/mol. The van der Waals surface area contributed by atoms with Gasteiger partial charge in [0.15, 0.2) is 12.3 Å². The van der Waals surface area contributed by atoms with E-state index in [9.17, 15) is 19.1 Å². The molecular formula is C23H17FN2O4. The van der Waals surface area contributed by atoms with Crippen LogP contribution in [-0.4, -0.2) is 28.4 Å². The molecule has 3 aromatic carbocycles. The molecule has 2 aliphatic rings. The van der Waals surface area contributed by atoms with Gasteiger partial charge in [0, 0.05) is 23.2 Å². The maximum Gasteiger partial charge on any atom is 0.262 e. The Kier molecular flexibility index (Phi) is 4.08. The molecule has 2 N–H and O–H groups in total. The van der Waals surface area contributed by atoms with E-state index in [0.717, 1.165) is 0 Å². The lowest BCUT2D eigenvalue weighted by Crippen LogP contribution is -2.44. The first-order chi connectivity index (χ1) is 14.5. The first-order valence-corrected chi connectivity index (χ1v) is 9.42. The van der Waals surface area contributed by atoms with Crippen LogP contribution >= 0.6 is 0 Å². The average molecular weight is 404 g/mol. The van der Waals surface area contributed by atoms with Crippen LogP contribution < -0.4 is 10.1 Å². The Morgan fingerprint density at radius 2 is 1.83 bits per heavy atom. The zero-order valence-electron chi connectivity index (χ0n) is 15.8. The highest BCUT2D eigenvalue weighted by atomic mass is 19.1. The molecule has 0 spiro atoms. The van der Waals surface area contributed by atoms with Crippen LogP contribution in [0, 0.1) is 5.82 Å². The lowest BCUT2D eigenvalue weighted by molar-refractivity contribution is -0.118. The number of halogens is 1. The van der Waals surface area contributed by atoms with Gasteiger partial charge in [0.25, 0.3) is 11.8 Å². The molecule has 6 nitrogen and oxygen atoms in total. The number of carbonyl (C=O) groups excluding carboxylic acids is 2. The molecule has 7 heteroatoms. The largest absolute Gasteiger partial charge is 0.482 e. The summed E-state index contributed by atoms with van der Waals surface area (Å²) in [6.45, 7) is -0.00113. The molecule has 2 amide bonds. The third-order valence-corrected chi connectivity index (χ3v) is 5.44. The molecule has 5 rings (SSSR count). The van der Waals surface area contributed by atoms with Crippen molar-refractivity contribution in [1.29, 1.82) is 0 Å². The number of amides is 2. The number of hydrogen-bond acceptors (Lipinski definition) is 4. The van der Waals surface area contributed by atoms with Crippen molar-refractivity contribution in [2.75, 3.05) is 11.9 Å². The Labute approximate surface area is 171 Å². The second kappa shape index (κ2) is 6.67. The summed E-state index contributed by atoms with van der Waals surface area (Å²) in [6.07, 6.45) is 0. The number of benzene rings is 3. The van der Waals surface area contributed by atoms with Crippen LogP contribution in [0.3, 0.4) is 0 Å². The van der Waals surface area contributed by atoms with Gasteiger partial charge in [-0.15, -0.1) is 0 Å². The third-order valence-electron chi connectivity index (χ3n) is 5.44.